The van der Waals surface area contributed by atoms with Gasteiger partial charge in [-0.15, -0.1) is 0 Å². The molecule has 10 heavy (non-hydrogen) atoms. The fraction of sp³-hybridized carbons (Fsp3) is 0.600. The molecule has 0 unspecified atom stereocenters. The summed E-state index contributed by atoms with van der Waals surface area (Å²) in [7, 11) is 0. The van der Waals surface area contributed by atoms with E-state index in [1.54, 1.807) is 0 Å². The van der Waals surface area contributed by atoms with Gasteiger partial charge in [0, 0.05) is 0 Å². The van der Waals surface area contributed by atoms with Crippen molar-refractivity contribution in [3.63, 3.8) is 0 Å². The Morgan fingerprint density at radius 1 is 1.60 bits per heavy atom. The van der Waals surface area contributed by atoms with Crippen LogP contribution < -0.4 is 11.6 Å². The van der Waals surface area contributed by atoms with Gasteiger partial charge in [-0.3, -0.25) is 0 Å². The van der Waals surface area contributed by atoms with E-state index in [1.165, 1.54) is 0 Å². The van der Waals surface area contributed by atoms with Gasteiger partial charge in [0.2, 0.25) is 0 Å². The second-order valence-electron chi connectivity index (χ2n) is 1.90. The maximum absolute atomic E-state index is 5.24. The number of hydrogen-bond acceptors (Lipinski definition) is 3. The molecule has 0 aliphatic carbocycles. The SMILES string of the molecule is CC(C)OC(N)=NC=NN. The topological polar surface area (TPSA) is 86.0 Å². The molecule has 0 rings (SSSR count). The van der Waals surface area contributed by atoms with Gasteiger partial charge in [-0.25, -0.2) is 0 Å². The zero-order valence-electron chi connectivity index (χ0n) is 6.11. The number of hydrazone groups is 1. The first kappa shape index (κ1) is 8.74. The summed E-state index contributed by atoms with van der Waals surface area (Å²) in [4.78, 5) is 3.54. The van der Waals surface area contributed by atoms with Crippen LogP contribution in [0.5, 0.6) is 0 Å². The third-order valence-corrected chi connectivity index (χ3v) is 0.608. The Morgan fingerprint density at radius 2 is 2.20 bits per heavy atom. The van der Waals surface area contributed by atoms with E-state index in [0.29, 0.717) is 0 Å². The van der Waals surface area contributed by atoms with E-state index in [1.807, 2.05) is 13.8 Å². The van der Waals surface area contributed by atoms with Crippen molar-refractivity contribution in [1.29, 1.82) is 0 Å². The van der Waals surface area contributed by atoms with Gasteiger partial charge in [0.15, 0.2) is 0 Å². The van der Waals surface area contributed by atoms with Gasteiger partial charge < -0.3 is 16.3 Å². The second-order valence-corrected chi connectivity index (χ2v) is 1.90. The third-order valence-electron chi connectivity index (χ3n) is 0.608. The molecular formula is C5H12N4O. The second kappa shape index (κ2) is 4.60. The molecule has 0 saturated carbocycles. The minimum absolute atomic E-state index is 0.0231. The third kappa shape index (κ3) is 4.89. The Hall–Kier alpha value is -1.26. The normalized spacial score (nSPS) is 12.9. The Kier molecular flexibility index (Phi) is 4.02. The van der Waals surface area contributed by atoms with Crippen LogP contribution in [0.2, 0.25) is 0 Å². The predicted octanol–water partition coefficient (Wildman–Crippen LogP) is -0.372. The van der Waals surface area contributed by atoms with Gasteiger partial charge in [-0.1, -0.05) is 0 Å². The van der Waals surface area contributed by atoms with Crippen molar-refractivity contribution in [2.24, 2.45) is 21.7 Å². The van der Waals surface area contributed by atoms with E-state index in [9.17, 15) is 0 Å². The van der Waals surface area contributed by atoms with Gasteiger partial charge in [-0.2, -0.15) is 10.1 Å². The number of nitrogens with zero attached hydrogens (tertiary/aromatic N) is 2. The monoisotopic (exact) mass is 144 g/mol. The lowest BCUT2D eigenvalue weighted by Gasteiger charge is -2.05. The molecule has 58 valence electrons. The van der Waals surface area contributed by atoms with Crippen LogP contribution >= 0.6 is 0 Å². The highest BCUT2D eigenvalue weighted by Crippen LogP contribution is 1.85. The Morgan fingerprint density at radius 3 is 2.60 bits per heavy atom. The van der Waals surface area contributed by atoms with Gasteiger partial charge in [-0.05, 0) is 13.8 Å². The largest absolute Gasteiger partial charge is 0.462 e. The fourth-order valence-corrected chi connectivity index (χ4v) is 0.362. The highest BCUT2D eigenvalue weighted by Gasteiger charge is 1.94. The molecule has 0 atom stereocenters. The molecule has 4 N–H and O–H groups in total. The molecule has 0 spiro atoms. The van der Waals surface area contributed by atoms with Crippen molar-refractivity contribution in [2.45, 2.75) is 20.0 Å². The summed E-state index contributed by atoms with van der Waals surface area (Å²) in [5.41, 5.74) is 5.24. The van der Waals surface area contributed by atoms with E-state index >= 15 is 0 Å². The number of rotatable bonds is 2. The summed E-state index contributed by atoms with van der Waals surface area (Å²) in [6, 6.07) is 0.0733. The smallest absolute Gasteiger partial charge is 0.288 e. The van der Waals surface area contributed by atoms with Gasteiger partial charge in [0.1, 0.15) is 6.34 Å². The van der Waals surface area contributed by atoms with Crippen LogP contribution in [0.25, 0.3) is 0 Å². The van der Waals surface area contributed by atoms with Crippen molar-refractivity contribution in [3.8, 4) is 0 Å². The minimum atomic E-state index is 0.0231. The molecule has 0 heterocycles. The van der Waals surface area contributed by atoms with Crippen LogP contribution in [-0.4, -0.2) is 18.5 Å². The minimum Gasteiger partial charge on any atom is -0.462 e. The molecule has 0 fully saturated rings. The number of amidine groups is 1. The molecule has 5 heteroatoms. The lowest BCUT2D eigenvalue weighted by Crippen LogP contribution is -2.20. The number of nitrogens with two attached hydrogens (primary N) is 2. The molecule has 0 aromatic carbocycles. The number of hydrogen-bond donors (Lipinski definition) is 2. The van der Waals surface area contributed by atoms with E-state index in [2.05, 4.69) is 10.1 Å². The molecule has 0 bridgehead atoms. The molecule has 0 aromatic rings. The summed E-state index contributed by atoms with van der Waals surface area (Å²) in [6.07, 6.45) is 1.15. The summed E-state index contributed by atoms with van der Waals surface area (Å²) in [5.74, 6) is 4.76. The molecule has 0 aliphatic heterocycles. The van der Waals surface area contributed by atoms with Crippen molar-refractivity contribution < 1.29 is 4.74 Å². The Bertz CT molecular complexity index is 141. The van der Waals surface area contributed by atoms with Gasteiger partial charge in [0.05, 0.1) is 6.10 Å². The summed E-state index contributed by atoms with van der Waals surface area (Å²) >= 11 is 0. The maximum Gasteiger partial charge on any atom is 0.288 e. The lowest BCUT2D eigenvalue weighted by molar-refractivity contribution is 0.225. The van der Waals surface area contributed by atoms with Crippen LogP contribution in [0.1, 0.15) is 13.8 Å². The van der Waals surface area contributed by atoms with E-state index in [4.69, 9.17) is 16.3 Å². The highest BCUT2D eigenvalue weighted by atomic mass is 16.5. The first-order chi connectivity index (χ1) is 4.66. The van der Waals surface area contributed by atoms with Crippen molar-refractivity contribution >= 4 is 12.4 Å². The predicted molar refractivity (Wildman–Crippen MR) is 40.5 cm³/mol. The maximum atomic E-state index is 5.24. The number of ether oxygens (including phenoxy) is 1. The van der Waals surface area contributed by atoms with Gasteiger partial charge in [0.25, 0.3) is 6.02 Å². The summed E-state index contributed by atoms with van der Waals surface area (Å²) in [5, 5.41) is 3.11. The van der Waals surface area contributed by atoms with Crippen LogP contribution in [0.3, 0.4) is 0 Å². The fourth-order valence-electron chi connectivity index (χ4n) is 0.362. The molecule has 0 aliphatic rings. The van der Waals surface area contributed by atoms with Gasteiger partial charge >= 0.3 is 0 Å². The van der Waals surface area contributed by atoms with Crippen LogP contribution in [0, 0.1) is 0 Å². The van der Waals surface area contributed by atoms with E-state index in [-0.39, 0.29) is 12.1 Å². The first-order valence-corrected chi connectivity index (χ1v) is 2.88. The van der Waals surface area contributed by atoms with Crippen LogP contribution in [-0.2, 0) is 4.74 Å². The highest BCUT2D eigenvalue weighted by molar-refractivity contribution is 5.80. The standard InChI is InChI=1S/C5H12N4O/c1-4(2)10-5(6)8-3-9-7/h3-4H,7H2,1-2H3,(H2,6,8,9). The zero-order chi connectivity index (χ0) is 7.98. The lowest BCUT2D eigenvalue weighted by atomic mass is 10.5. The molecule has 0 saturated heterocycles. The summed E-state index contributed by atoms with van der Waals surface area (Å²) in [6.45, 7) is 3.70. The zero-order valence-corrected chi connectivity index (χ0v) is 6.11. The van der Waals surface area contributed by atoms with Crippen LogP contribution in [0.15, 0.2) is 10.1 Å². The Balaban J connectivity index is 3.71. The average Bonchev–Trinajstić information content (AvgIpc) is 1.82. The van der Waals surface area contributed by atoms with Crippen molar-refractivity contribution in [2.75, 3.05) is 0 Å². The molecular weight excluding hydrogens is 132 g/mol. The first-order valence-electron chi connectivity index (χ1n) is 2.88. The average molecular weight is 144 g/mol. The Labute approximate surface area is 59.8 Å². The quantitative estimate of drug-likeness (QED) is 0.240. The molecule has 5 nitrogen and oxygen atoms in total. The molecule has 0 aromatic heterocycles. The van der Waals surface area contributed by atoms with E-state index < -0.39 is 0 Å². The van der Waals surface area contributed by atoms with E-state index in [0.717, 1.165) is 6.34 Å². The molecule has 0 radical (unpaired) electrons. The van der Waals surface area contributed by atoms with Crippen molar-refractivity contribution in [1.82, 2.24) is 0 Å². The van der Waals surface area contributed by atoms with Crippen molar-refractivity contribution in [3.05, 3.63) is 0 Å². The number of aliphatic imine (C=N–C) groups is 1. The summed E-state index contributed by atoms with van der Waals surface area (Å²) < 4.78 is 4.93. The van der Waals surface area contributed by atoms with Crippen LogP contribution in [0.4, 0.5) is 0 Å². The molecule has 0 amide bonds.